The van der Waals surface area contributed by atoms with Crippen LogP contribution in [0.2, 0.25) is 0 Å². The van der Waals surface area contributed by atoms with Crippen LogP contribution in [0.3, 0.4) is 0 Å². The Labute approximate surface area is 113 Å². The SMILES string of the molecule is Br.Br.CC(=O)O[C@H]1OC[C@@H](O)[C@H](O)[C@H]1O.O. The number of ether oxygens (including phenoxy) is 2. The smallest absolute Gasteiger partial charge is 0.305 e. The maximum absolute atomic E-state index is 10.5. The highest BCUT2D eigenvalue weighted by Crippen LogP contribution is 2.16. The number of aliphatic hydroxyl groups excluding tert-OH is 3. The van der Waals surface area contributed by atoms with Gasteiger partial charge in [0.1, 0.15) is 18.3 Å². The van der Waals surface area contributed by atoms with Gasteiger partial charge in [-0.05, 0) is 0 Å². The zero-order valence-corrected chi connectivity index (χ0v) is 11.8. The van der Waals surface area contributed by atoms with Gasteiger partial charge in [-0.3, -0.25) is 4.79 Å². The number of rotatable bonds is 1. The third-order valence-electron chi connectivity index (χ3n) is 1.74. The third-order valence-corrected chi connectivity index (χ3v) is 1.74. The second kappa shape index (κ2) is 9.28. The van der Waals surface area contributed by atoms with E-state index in [1.165, 1.54) is 0 Å². The Balaban J connectivity index is -0.000000563. The first-order valence-electron chi connectivity index (χ1n) is 3.85. The lowest BCUT2D eigenvalue weighted by Gasteiger charge is -2.34. The molecule has 1 aliphatic heterocycles. The largest absolute Gasteiger partial charge is 0.433 e. The summed E-state index contributed by atoms with van der Waals surface area (Å²) in [5.41, 5.74) is 0. The first kappa shape index (κ1) is 21.5. The van der Waals surface area contributed by atoms with Gasteiger partial charge in [0.2, 0.25) is 6.29 Å². The molecule has 4 atom stereocenters. The molecule has 1 aliphatic rings. The van der Waals surface area contributed by atoms with Crippen molar-refractivity contribution in [2.24, 2.45) is 0 Å². The third kappa shape index (κ3) is 5.53. The van der Waals surface area contributed by atoms with Crippen molar-refractivity contribution in [3.05, 3.63) is 0 Å². The van der Waals surface area contributed by atoms with E-state index in [4.69, 9.17) is 14.9 Å². The van der Waals surface area contributed by atoms with E-state index in [1.54, 1.807) is 0 Å². The summed E-state index contributed by atoms with van der Waals surface area (Å²) in [5.74, 6) is -0.618. The molecule has 0 aromatic carbocycles. The molecule has 1 saturated heterocycles. The maximum atomic E-state index is 10.5. The van der Waals surface area contributed by atoms with Gasteiger partial charge in [-0.15, -0.1) is 34.0 Å². The Morgan fingerprint density at radius 3 is 2.19 bits per heavy atom. The normalized spacial score (nSPS) is 32.5. The molecule has 0 aromatic heterocycles. The van der Waals surface area contributed by atoms with Crippen molar-refractivity contribution < 1.29 is 35.1 Å². The molecular formula is C7H16Br2O7. The van der Waals surface area contributed by atoms with Crippen LogP contribution in [0.25, 0.3) is 0 Å². The molecule has 16 heavy (non-hydrogen) atoms. The molecule has 9 heteroatoms. The molecule has 1 rings (SSSR count). The fraction of sp³-hybridized carbons (Fsp3) is 0.857. The minimum Gasteiger partial charge on any atom is -0.433 e. The minimum atomic E-state index is -1.41. The van der Waals surface area contributed by atoms with Crippen LogP contribution in [0.1, 0.15) is 6.92 Å². The molecule has 5 N–H and O–H groups in total. The zero-order valence-electron chi connectivity index (χ0n) is 8.40. The monoisotopic (exact) mass is 370 g/mol. The van der Waals surface area contributed by atoms with Gasteiger partial charge in [0, 0.05) is 6.92 Å². The van der Waals surface area contributed by atoms with E-state index in [2.05, 4.69) is 4.74 Å². The highest BCUT2D eigenvalue weighted by molar-refractivity contribution is 8.93. The minimum absolute atomic E-state index is 0. The summed E-state index contributed by atoms with van der Waals surface area (Å²) in [4.78, 5) is 10.5. The second-order valence-electron chi connectivity index (χ2n) is 2.86. The van der Waals surface area contributed by atoms with Crippen LogP contribution in [0.5, 0.6) is 0 Å². The Kier molecular flexibility index (Phi) is 12.5. The number of hydrogen-bond donors (Lipinski definition) is 3. The van der Waals surface area contributed by atoms with Crippen LogP contribution in [0.15, 0.2) is 0 Å². The van der Waals surface area contributed by atoms with E-state index in [-0.39, 0.29) is 46.0 Å². The van der Waals surface area contributed by atoms with Gasteiger partial charge in [0.05, 0.1) is 6.61 Å². The number of esters is 1. The standard InChI is InChI=1S/C7H12O6.2BrH.H2O/c1-3(8)13-7-6(11)5(10)4(9)2-12-7;;;/h4-7,9-11H,2H2,1H3;2*1H;1H2/t4-,5+,6-,7-;;;/m1.../s1. The average molecular weight is 372 g/mol. The molecule has 0 unspecified atom stereocenters. The zero-order chi connectivity index (χ0) is 10.0. The highest BCUT2D eigenvalue weighted by Gasteiger charge is 2.39. The predicted octanol–water partition coefficient (Wildman–Crippen LogP) is -1.68. The molecule has 0 saturated carbocycles. The Morgan fingerprint density at radius 2 is 1.75 bits per heavy atom. The van der Waals surface area contributed by atoms with Gasteiger partial charge in [0.25, 0.3) is 0 Å². The highest BCUT2D eigenvalue weighted by atomic mass is 79.9. The van der Waals surface area contributed by atoms with E-state index < -0.39 is 30.6 Å². The lowest BCUT2D eigenvalue weighted by atomic mass is 10.1. The first-order chi connectivity index (χ1) is 6.02. The van der Waals surface area contributed by atoms with Crippen molar-refractivity contribution in [3.8, 4) is 0 Å². The van der Waals surface area contributed by atoms with E-state index >= 15 is 0 Å². The molecule has 0 aliphatic carbocycles. The lowest BCUT2D eigenvalue weighted by molar-refractivity contribution is -0.261. The van der Waals surface area contributed by atoms with Crippen LogP contribution in [-0.4, -0.2) is 58.0 Å². The molecule has 100 valence electrons. The summed E-state index contributed by atoms with van der Waals surface area (Å²) in [6, 6.07) is 0. The fourth-order valence-electron chi connectivity index (χ4n) is 1.05. The van der Waals surface area contributed by atoms with E-state index in [9.17, 15) is 9.90 Å². The number of carbonyl (C=O) groups excluding carboxylic acids is 1. The van der Waals surface area contributed by atoms with Crippen molar-refractivity contribution in [2.75, 3.05) is 6.61 Å². The van der Waals surface area contributed by atoms with Crippen LogP contribution in [0, 0.1) is 0 Å². The van der Waals surface area contributed by atoms with Crippen LogP contribution in [0.4, 0.5) is 0 Å². The van der Waals surface area contributed by atoms with E-state index in [0.29, 0.717) is 0 Å². The first-order valence-corrected chi connectivity index (χ1v) is 3.85. The lowest BCUT2D eigenvalue weighted by Crippen LogP contribution is -2.54. The van der Waals surface area contributed by atoms with Crippen LogP contribution in [-0.2, 0) is 14.3 Å². The summed E-state index contributed by atoms with van der Waals surface area (Å²) >= 11 is 0. The van der Waals surface area contributed by atoms with Crippen LogP contribution >= 0.6 is 34.0 Å². The van der Waals surface area contributed by atoms with Gasteiger partial charge in [-0.1, -0.05) is 0 Å². The van der Waals surface area contributed by atoms with Crippen LogP contribution < -0.4 is 0 Å². The number of halogens is 2. The molecule has 0 aromatic rings. The van der Waals surface area contributed by atoms with Crippen molar-refractivity contribution in [2.45, 2.75) is 31.5 Å². The van der Waals surface area contributed by atoms with E-state index in [1.807, 2.05) is 0 Å². The summed E-state index contributed by atoms with van der Waals surface area (Å²) in [5, 5.41) is 27.4. The molecule has 1 fully saturated rings. The summed E-state index contributed by atoms with van der Waals surface area (Å²) < 4.78 is 9.32. The Morgan fingerprint density at radius 1 is 1.25 bits per heavy atom. The van der Waals surface area contributed by atoms with Gasteiger partial charge in [-0.2, -0.15) is 0 Å². The van der Waals surface area contributed by atoms with Gasteiger partial charge >= 0.3 is 5.97 Å². The van der Waals surface area contributed by atoms with Gasteiger partial charge < -0.3 is 30.3 Å². The maximum Gasteiger partial charge on any atom is 0.305 e. The van der Waals surface area contributed by atoms with Crippen molar-refractivity contribution in [1.82, 2.24) is 0 Å². The van der Waals surface area contributed by atoms with Crippen molar-refractivity contribution >= 4 is 39.9 Å². The van der Waals surface area contributed by atoms with Gasteiger partial charge in [0.15, 0.2) is 0 Å². The number of aliphatic hydroxyl groups is 3. The number of hydrogen-bond acceptors (Lipinski definition) is 6. The topological polar surface area (TPSA) is 128 Å². The number of carbonyl (C=O) groups is 1. The molecule has 7 nitrogen and oxygen atoms in total. The second-order valence-corrected chi connectivity index (χ2v) is 2.86. The predicted molar refractivity (Wildman–Crippen MR) is 63.8 cm³/mol. The molecule has 0 bridgehead atoms. The summed E-state index contributed by atoms with van der Waals surface area (Å²) in [6.07, 6.45) is -5.11. The molecule has 0 radical (unpaired) electrons. The van der Waals surface area contributed by atoms with Crippen molar-refractivity contribution in [3.63, 3.8) is 0 Å². The van der Waals surface area contributed by atoms with Gasteiger partial charge in [-0.25, -0.2) is 0 Å². The average Bonchev–Trinajstić information content (AvgIpc) is 2.06. The molecule has 1 heterocycles. The van der Waals surface area contributed by atoms with Crippen molar-refractivity contribution in [1.29, 1.82) is 0 Å². The Hall–Kier alpha value is 0.230. The Bertz CT molecular complexity index is 203. The fourth-order valence-corrected chi connectivity index (χ4v) is 1.05. The summed E-state index contributed by atoms with van der Waals surface area (Å²) in [7, 11) is 0. The molecule has 0 amide bonds. The molecule has 0 spiro atoms. The quantitative estimate of drug-likeness (QED) is 0.472. The molecular weight excluding hydrogens is 356 g/mol. The van der Waals surface area contributed by atoms with E-state index in [0.717, 1.165) is 6.92 Å². The summed E-state index contributed by atoms with van der Waals surface area (Å²) in [6.45, 7) is 0.990.